The van der Waals surface area contributed by atoms with Gasteiger partial charge in [-0.15, -0.1) is 0 Å². The average molecular weight is 398 g/mol. The van der Waals surface area contributed by atoms with Crippen molar-refractivity contribution in [2.24, 2.45) is 0 Å². The minimum atomic E-state index is -4.85. The Labute approximate surface area is 154 Å². The van der Waals surface area contributed by atoms with Gasteiger partial charge >= 0.3 is 0 Å². The SMILES string of the molecule is Cc1ccc(-c2ccc(O[C@@H]3OC(S(=O)(=O)O)[C@@H](O)[C@H](O)[C@H]3O)cn2)cn1. The standard InChI is InChI=1S/C16H18N2O8S/c1-8-2-3-9(6-17-8)11-5-4-10(7-18-11)25-15-13(20)12(19)14(21)16(26-15)27(22,23)24/h2-7,12-16,19-21H,1H3,(H,22,23,24)/t12-,13-,14+,15-,16?/m1/s1. The molecule has 0 saturated carbocycles. The van der Waals surface area contributed by atoms with Gasteiger partial charge in [-0.2, -0.15) is 8.42 Å². The van der Waals surface area contributed by atoms with Crippen LogP contribution < -0.4 is 4.74 Å². The van der Waals surface area contributed by atoms with Gasteiger partial charge in [0.1, 0.15) is 24.1 Å². The summed E-state index contributed by atoms with van der Waals surface area (Å²) in [5.41, 5.74) is 0.0698. The van der Waals surface area contributed by atoms with Crippen LogP contribution in [0.2, 0.25) is 0 Å². The van der Waals surface area contributed by atoms with E-state index in [1.807, 2.05) is 19.1 Å². The molecule has 27 heavy (non-hydrogen) atoms. The van der Waals surface area contributed by atoms with Gasteiger partial charge in [0.05, 0.1) is 11.9 Å². The number of aliphatic hydroxyl groups is 3. The number of rotatable bonds is 4. The van der Waals surface area contributed by atoms with Gasteiger partial charge in [-0.05, 0) is 31.2 Å². The number of aliphatic hydroxyl groups excluding tert-OH is 3. The second-order valence-corrected chi connectivity index (χ2v) is 7.54. The lowest BCUT2D eigenvalue weighted by molar-refractivity contribution is -0.254. The van der Waals surface area contributed by atoms with Gasteiger partial charge in [0.25, 0.3) is 10.1 Å². The molecule has 146 valence electrons. The monoisotopic (exact) mass is 398 g/mol. The van der Waals surface area contributed by atoms with E-state index in [0.29, 0.717) is 5.69 Å². The molecular weight excluding hydrogens is 380 g/mol. The molecule has 1 fully saturated rings. The average Bonchev–Trinajstić information content (AvgIpc) is 2.62. The first-order chi connectivity index (χ1) is 12.7. The van der Waals surface area contributed by atoms with Gasteiger partial charge in [-0.3, -0.25) is 14.5 Å². The molecule has 10 nitrogen and oxygen atoms in total. The molecule has 0 bridgehead atoms. The van der Waals surface area contributed by atoms with Gasteiger partial charge in [0.2, 0.25) is 11.7 Å². The lowest BCUT2D eigenvalue weighted by Gasteiger charge is -2.38. The summed E-state index contributed by atoms with van der Waals surface area (Å²) >= 11 is 0. The maximum Gasteiger partial charge on any atom is 0.295 e. The first kappa shape index (κ1) is 19.6. The lowest BCUT2D eigenvalue weighted by atomic mass is 10.1. The van der Waals surface area contributed by atoms with Crippen LogP contribution in [0.4, 0.5) is 0 Å². The summed E-state index contributed by atoms with van der Waals surface area (Å²) in [6.07, 6.45) is -4.37. The Morgan fingerprint density at radius 2 is 1.74 bits per heavy atom. The van der Waals surface area contributed by atoms with Crippen molar-refractivity contribution in [2.75, 3.05) is 0 Å². The fraction of sp³-hybridized carbons (Fsp3) is 0.375. The number of nitrogens with zero attached hydrogens (tertiary/aromatic N) is 2. The molecule has 0 amide bonds. The van der Waals surface area contributed by atoms with Gasteiger partial charge in [0, 0.05) is 17.5 Å². The molecule has 1 aliphatic rings. The second-order valence-electron chi connectivity index (χ2n) is 6.04. The number of pyridine rings is 2. The van der Waals surface area contributed by atoms with Crippen molar-refractivity contribution in [3.63, 3.8) is 0 Å². The van der Waals surface area contributed by atoms with Crippen LogP contribution in [-0.4, -0.2) is 68.3 Å². The molecule has 0 spiro atoms. The highest BCUT2D eigenvalue weighted by Gasteiger charge is 2.50. The van der Waals surface area contributed by atoms with Gasteiger partial charge in [0.15, 0.2) is 0 Å². The minimum absolute atomic E-state index is 0.112. The predicted molar refractivity (Wildman–Crippen MR) is 91.1 cm³/mol. The lowest BCUT2D eigenvalue weighted by Crippen LogP contribution is -2.61. The van der Waals surface area contributed by atoms with Crippen molar-refractivity contribution in [3.8, 4) is 17.0 Å². The van der Waals surface area contributed by atoms with E-state index in [0.717, 1.165) is 11.3 Å². The highest BCUT2D eigenvalue weighted by atomic mass is 32.2. The van der Waals surface area contributed by atoms with E-state index in [2.05, 4.69) is 9.97 Å². The van der Waals surface area contributed by atoms with E-state index in [1.54, 1.807) is 12.3 Å². The quantitative estimate of drug-likeness (QED) is 0.494. The molecule has 1 unspecified atom stereocenters. The topological polar surface area (TPSA) is 159 Å². The molecule has 0 aliphatic carbocycles. The number of ether oxygens (including phenoxy) is 2. The summed E-state index contributed by atoms with van der Waals surface area (Å²) in [5, 5.41) is 29.4. The van der Waals surface area contributed by atoms with E-state index in [4.69, 9.17) is 14.0 Å². The zero-order chi connectivity index (χ0) is 19.8. The van der Waals surface area contributed by atoms with E-state index in [1.165, 1.54) is 12.3 Å². The second kappa shape index (κ2) is 7.46. The fourth-order valence-corrected chi connectivity index (χ4v) is 3.30. The molecular formula is C16H18N2O8S. The molecule has 3 rings (SSSR count). The summed E-state index contributed by atoms with van der Waals surface area (Å²) in [4.78, 5) is 8.36. The van der Waals surface area contributed by atoms with Crippen molar-refractivity contribution < 1.29 is 37.8 Å². The molecule has 0 aromatic carbocycles. The summed E-state index contributed by atoms with van der Waals surface area (Å²) < 4.78 is 41.9. The summed E-state index contributed by atoms with van der Waals surface area (Å²) in [6, 6.07) is 6.78. The highest BCUT2D eigenvalue weighted by molar-refractivity contribution is 7.86. The van der Waals surface area contributed by atoms with E-state index in [-0.39, 0.29) is 5.75 Å². The van der Waals surface area contributed by atoms with Gasteiger partial charge in [-0.25, -0.2) is 0 Å². The largest absolute Gasteiger partial charge is 0.460 e. The first-order valence-electron chi connectivity index (χ1n) is 7.88. The highest BCUT2D eigenvalue weighted by Crippen LogP contribution is 2.27. The van der Waals surface area contributed by atoms with Crippen LogP contribution in [0.5, 0.6) is 5.75 Å². The molecule has 4 N–H and O–H groups in total. The van der Waals surface area contributed by atoms with Gasteiger partial charge in [-0.1, -0.05) is 0 Å². The van der Waals surface area contributed by atoms with Crippen molar-refractivity contribution in [2.45, 2.75) is 37.0 Å². The molecule has 0 radical (unpaired) electrons. The molecule has 2 aromatic heterocycles. The zero-order valence-corrected chi connectivity index (χ0v) is 14.9. The third-order valence-corrected chi connectivity index (χ3v) is 4.99. The van der Waals surface area contributed by atoms with E-state index in [9.17, 15) is 23.7 Å². The Hall–Kier alpha value is -2.15. The third kappa shape index (κ3) is 4.24. The number of hydrogen-bond donors (Lipinski definition) is 4. The van der Waals surface area contributed by atoms with Crippen LogP contribution >= 0.6 is 0 Å². The predicted octanol–water partition coefficient (Wildman–Crippen LogP) is -0.516. The molecule has 2 aromatic rings. The molecule has 1 aliphatic heterocycles. The zero-order valence-electron chi connectivity index (χ0n) is 14.1. The summed E-state index contributed by atoms with van der Waals surface area (Å²) in [5.74, 6) is 0.112. The van der Waals surface area contributed by atoms with Crippen molar-refractivity contribution in [1.29, 1.82) is 0 Å². The number of aryl methyl sites for hydroxylation is 1. The first-order valence-corrected chi connectivity index (χ1v) is 9.39. The van der Waals surface area contributed by atoms with E-state index >= 15 is 0 Å². The third-order valence-electron chi connectivity index (χ3n) is 4.02. The summed E-state index contributed by atoms with van der Waals surface area (Å²) in [7, 11) is -4.85. The van der Waals surface area contributed by atoms with Crippen LogP contribution in [-0.2, 0) is 14.9 Å². The maximum atomic E-state index is 11.3. The Morgan fingerprint density at radius 3 is 2.30 bits per heavy atom. The Morgan fingerprint density at radius 1 is 1.00 bits per heavy atom. The summed E-state index contributed by atoms with van der Waals surface area (Å²) in [6.45, 7) is 1.86. The Balaban J connectivity index is 1.76. The minimum Gasteiger partial charge on any atom is -0.460 e. The smallest absolute Gasteiger partial charge is 0.295 e. The van der Waals surface area contributed by atoms with Crippen LogP contribution in [0.1, 0.15) is 5.69 Å². The van der Waals surface area contributed by atoms with Crippen LogP contribution in [0.25, 0.3) is 11.3 Å². The maximum absolute atomic E-state index is 11.3. The van der Waals surface area contributed by atoms with Gasteiger partial charge < -0.3 is 24.8 Å². The van der Waals surface area contributed by atoms with Crippen LogP contribution in [0.3, 0.4) is 0 Å². The van der Waals surface area contributed by atoms with Crippen molar-refractivity contribution >= 4 is 10.1 Å². The van der Waals surface area contributed by atoms with Crippen LogP contribution in [0, 0.1) is 6.92 Å². The fourth-order valence-electron chi connectivity index (χ4n) is 2.54. The molecule has 11 heteroatoms. The van der Waals surface area contributed by atoms with Crippen molar-refractivity contribution in [1.82, 2.24) is 9.97 Å². The Bertz CT molecular complexity index is 888. The number of aromatic nitrogens is 2. The van der Waals surface area contributed by atoms with Crippen molar-refractivity contribution in [3.05, 3.63) is 42.4 Å². The normalized spacial score (nSPS) is 28.7. The van der Waals surface area contributed by atoms with Crippen LogP contribution in [0.15, 0.2) is 36.7 Å². The molecule has 5 atom stereocenters. The number of hydrogen-bond acceptors (Lipinski definition) is 9. The Kier molecular flexibility index (Phi) is 5.42. The molecule has 1 saturated heterocycles. The molecule has 3 heterocycles. The van der Waals surface area contributed by atoms with E-state index < -0.39 is 40.2 Å².